The van der Waals surface area contributed by atoms with Crippen LogP contribution in [0.5, 0.6) is 16.6 Å². The smallest absolute Gasteiger partial charge is 0.218 e. The van der Waals surface area contributed by atoms with Gasteiger partial charge in [-0.3, -0.25) is 0 Å². The molecule has 0 atom stereocenters. The van der Waals surface area contributed by atoms with E-state index in [0.29, 0.717) is 38.8 Å². The van der Waals surface area contributed by atoms with E-state index in [1.807, 2.05) is 49.2 Å². The molecular formula is C23H23ClN4O2S. The summed E-state index contributed by atoms with van der Waals surface area (Å²) in [5.41, 5.74) is 3.28. The van der Waals surface area contributed by atoms with Gasteiger partial charge in [0.05, 0.1) is 24.2 Å². The lowest BCUT2D eigenvalue weighted by Crippen LogP contribution is -2.24. The quantitative estimate of drug-likeness (QED) is 0.303. The van der Waals surface area contributed by atoms with Crippen LogP contribution in [0.25, 0.3) is 11.3 Å². The van der Waals surface area contributed by atoms with Crippen LogP contribution in [0, 0.1) is 18.3 Å². The van der Waals surface area contributed by atoms with Gasteiger partial charge in [-0.1, -0.05) is 11.6 Å². The Morgan fingerprint density at radius 1 is 1.26 bits per heavy atom. The molecule has 0 aliphatic carbocycles. The maximum absolute atomic E-state index is 9.73. The Morgan fingerprint density at radius 2 is 1.97 bits per heavy atom. The van der Waals surface area contributed by atoms with E-state index < -0.39 is 0 Å². The van der Waals surface area contributed by atoms with Crippen LogP contribution in [-0.2, 0) is 0 Å². The van der Waals surface area contributed by atoms with Crippen molar-refractivity contribution in [1.29, 1.82) is 5.26 Å². The van der Waals surface area contributed by atoms with Crippen LogP contribution < -0.4 is 9.47 Å². The lowest BCUT2D eigenvalue weighted by Gasteiger charge is -2.17. The summed E-state index contributed by atoms with van der Waals surface area (Å²) in [6.07, 6.45) is 1.75. The van der Waals surface area contributed by atoms with Gasteiger partial charge in [-0.2, -0.15) is 9.64 Å². The molecule has 1 heterocycles. The van der Waals surface area contributed by atoms with Crippen molar-refractivity contribution in [2.45, 2.75) is 26.8 Å². The van der Waals surface area contributed by atoms with Crippen LogP contribution in [0.4, 0.5) is 5.69 Å². The maximum Gasteiger partial charge on any atom is 0.218 e. The van der Waals surface area contributed by atoms with Crippen molar-refractivity contribution in [2.24, 2.45) is 4.99 Å². The zero-order chi connectivity index (χ0) is 22.5. The SMILES string of the molecule is COc1ccc(-c2nsc(Oc3cc(Cl)c(/N=C\N(C)C(C)C)cc3C)c2C#N)cc1. The summed E-state index contributed by atoms with van der Waals surface area (Å²) in [6, 6.07) is 13.5. The van der Waals surface area contributed by atoms with Crippen molar-refractivity contribution in [3.05, 3.63) is 52.5 Å². The monoisotopic (exact) mass is 454 g/mol. The highest BCUT2D eigenvalue weighted by atomic mass is 35.5. The fourth-order valence-corrected chi connectivity index (χ4v) is 3.57. The van der Waals surface area contributed by atoms with E-state index in [9.17, 15) is 5.26 Å². The molecule has 2 aromatic carbocycles. The normalized spacial score (nSPS) is 11.0. The summed E-state index contributed by atoms with van der Waals surface area (Å²) in [5.74, 6) is 1.30. The lowest BCUT2D eigenvalue weighted by atomic mass is 10.1. The molecule has 3 rings (SSSR count). The molecule has 3 aromatic rings. The van der Waals surface area contributed by atoms with Crippen LogP contribution in [-0.4, -0.2) is 35.8 Å². The van der Waals surface area contributed by atoms with Crippen molar-refractivity contribution >= 4 is 35.2 Å². The number of nitrogens with zero attached hydrogens (tertiary/aromatic N) is 4. The molecule has 0 spiro atoms. The number of hydrogen-bond donors (Lipinski definition) is 0. The van der Waals surface area contributed by atoms with E-state index in [1.54, 1.807) is 19.5 Å². The minimum absolute atomic E-state index is 0.335. The minimum atomic E-state index is 0.335. The molecule has 0 aliphatic rings. The van der Waals surface area contributed by atoms with Crippen LogP contribution in [0.1, 0.15) is 25.0 Å². The highest BCUT2D eigenvalue weighted by Gasteiger charge is 2.19. The number of nitriles is 1. The highest BCUT2D eigenvalue weighted by molar-refractivity contribution is 7.08. The van der Waals surface area contributed by atoms with E-state index in [0.717, 1.165) is 28.4 Å². The first-order valence-corrected chi connectivity index (χ1v) is 10.8. The van der Waals surface area contributed by atoms with Crippen molar-refractivity contribution < 1.29 is 9.47 Å². The minimum Gasteiger partial charge on any atom is -0.497 e. The number of halogens is 1. The third kappa shape index (κ3) is 5.16. The highest BCUT2D eigenvalue weighted by Crippen LogP contribution is 2.40. The molecule has 0 amide bonds. The zero-order valence-electron chi connectivity index (χ0n) is 18.0. The topological polar surface area (TPSA) is 70.7 Å². The van der Waals surface area contributed by atoms with Gasteiger partial charge in [-0.15, -0.1) is 0 Å². The van der Waals surface area contributed by atoms with Gasteiger partial charge in [0, 0.05) is 36.3 Å². The molecule has 0 saturated heterocycles. The Kier molecular flexibility index (Phi) is 7.16. The van der Waals surface area contributed by atoms with Crippen molar-refractivity contribution in [3.63, 3.8) is 0 Å². The second kappa shape index (κ2) is 9.82. The van der Waals surface area contributed by atoms with Gasteiger partial charge in [0.15, 0.2) is 0 Å². The predicted molar refractivity (Wildman–Crippen MR) is 126 cm³/mol. The number of aryl methyl sites for hydroxylation is 1. The standard InChI is InChI=1S/C23H23ClN4O2S/c1-14(2)28(4)13-26-20-10-15(3)21(11-19(20)24)30-23-18(12-25)22(27-31-23)16-6-8-17(29-5)9-7-16/h6-11,13-14H,1-5H3/b26-13-. The Hall–Kier alpha value is -3.08. The third-order valence-corrected chi connectivity index (χ3v) is 5.81. The summed E-state index contributed by atoms with van der Waals surface area (Å²) in [6.45, 7) is 6.07. The molecule has 0 unspecified atom stereocenters. The van der Waals surface area contributed by atoms with E-state index in [-0.39, 0.29) is 0 Å². The summed E-state index contributed by atoms with van der Waals surface area (Å²) >= 11 is 7.56. The van der Waals surface area contributed by atoms with Crippen LogP contribution in [0.3, 0.4) is 0 Å². The Bertz CT molecular complexity index is 1130. The average Bonchev–Trinajstić information content (AvgIpc) is 3.17. The third-order valence-electron chi connectivity index (χ3n) is 4.78. The van der Waals surface area contributed by atoms with Crippen molar-refractivity contribution in [2.75, 3.05) is 14.2 Å². The van der Waals surface area contributed by atoms with E-state index >= 15 is 0 Å². The van der Waals surface area contributed by atoms with E-state index in [2.05, 4.69) is 29.3 Å². The number of benzene rings is 2. The molecule has 6 nitrogen and oxygen atoms in total. The molecule has 31 heavy (non-hydrogen) atoms. The molecular weight excluding hydrogens is 432 g/mol. The first kappa shape index (κ1) is 22.6. The summed E-state index contributed by atoms with van der Waals surface area (Å²) in [5, 5.41) is 10.6. The Morgan fingerprint density at radius 3 is 2.58 bits per heavy atom. The summed E-state index contributed by atoms with van der Waals surface area (Å²) < 4.78 is 15.7. The van der Waals surface area contributed by atoms with Gasteiger partial charge in [0.25, 0.3) is 0 Å². The molecule has 160 valence electrons. The molecule has 0 bridgehead atoms. The average molecular weight is 455 g/mol. The van der Waals surface area contributed by atoms with Gasteiger partial charge in [-0.05, 0) is 56.7 Å². The fraction of sp³-hybridized carbons (Fsp3) is 0.261. The van der Waals surface area contributed by atoms with Gasteiger partial charge in [0.1, 0.15) is 28.8 Å². The molecule has 0 radical (unpaired) electrons. The number of ether oxygens (including phenoxy) is 2. The number of aromatic nitrogens is 1. The first-order valence-electron chi connectivity index (χ1n) is 9.62. The number of methoxy groups -OCH3 is 1. The maximum atomic E-state index is 9.73. The van der Waals surface area contributed by atoms with Gasteiger partial charge in [0.2, 0.25) is 5.06 Å². The Balaban J connectivity index is 1.88. The van der Waals surface area contributed by atoms with Crippen LogP contribution >= 0.6 is 23.1 Å². The molecule has 0 saturated carbocycles. The van der Waals surface area contributed by atoms with Crippen LogP contribution in [0.2, 0.25) is 5.02 Å². The number of hydrogen-bond acceptors (Lipinski definition) is 6. The first-order chi connectivity index (χ1) is 14.8. The summed E-state index contributed by atoms with van der Waals surface area (Å²) in [4.78, 5) is 6.46. The number of aliphatic imine (C=N–C) groups is 1. The summed E-state index contributed by atoms with van der Waals surface area (Å²) in [7, 11) is 3.57. The predicted octanol–water partition coefficient (Wildman–Crippen LogP) is 6.44. The molecule has 8 heteroatoms. The van der Waals surface area contributed by atoms with Crippen molar-refractivity contribution in [1.82, 2.24) is 9.27 Å². The van der Waals surface area contributed by atoms with Crippen molar-refractivity contribution in [3.8, 4) is 33.9 Å². The molecule has 0 aliphatic heterocycles. The molecule has 0 fully saturated rings. The molecule has 1 aromatic heterocycles. The van der Waals surface area contributed by atoms with Gasteiger partial charge in [-0.25, -0.2) is 4.99 Å². The molecule has 0 N–H and O–H groups in total. The Labute approximate surface area is 191 Å². The number of rotatable bonds is 7. The lowest BCUT2D eigenvalue weighted by molar-refractivity contribution is 0.415. The zero-order valence-corrected chi connectivity index (χ0v) is 19.6. The second-order valence-corrected chi connectivity index (χ2v) is 8.35. The van der Waals surface area contributed by atoms with Gasteiger partial charge >= 0.3 is 0 Å². The van der Waals surface area contributed by atoms with Gasteiger partial charge < -0.3 is 14.4 Å². The fourth-order valence-electron chi connectivity index (χ4n) is 2.63. The van der Waals surface area contributed by atoms with E-state index in [1.165, 1.54) is 0 Å². The van der Waals surface area contributed by atoms with Crippen LogP contribution in [0.15, 0.2) is 41.4 Å². The largest absolute Gasteiger partial charge is 0.497 e. The van der Waals surface area contributed by atoms with E-state index in [4.69, 9.17) is 21.1 Å². The second-order valence-electron chi connectivity index (χ2n) is 7.21.